The van der Waals surface area contributed by atoms with Crippen molar-refractivity contribution < 1.29 is 17.9 Å². The van der Waals surface area contributed by atoms with Crippen molar-refractivity contribution in [2.45, 2.75) is 0 Å². The van der Waals surface area contributed by atoms with Crippen LogP contribution >= 0.6 is 0 Å². The highest BCUT2D eigenvalue weighted by atomic mass is 32.2. The number of benzene rings is 1. The highest BCUT2D eigenvalue weighted by Crippen LogP contribution is 2.21. The maximum absolute atomic E-state index is 12.7. The van der Waals surface area contributed by atoms with Gasteiger partial charge in [-0.05, 0) is 6.08 Å². The summed E-state index contributed by atoms with van der Waals surface area (Å²) in [6.45, 7) is 1.80. The first-order chi connectivity index (χ1) is 11.0. The molecular formula is C15H17N3O4S. The molecule has 7 nitrogen and oxygen atoms in total. The number of nitrogens with zero attached hydrogens (tertiary/aromatic N) is 3. The van der Waals surface area contributed by atoms with Crippen molar-refractivity contribution in [3.63, 3.8) is 0 Å². The van der Waals surface area contributed by atoms with Gasteiger partial charge in [-0.3, -0.25) is 4.79 Å². The van der Waals surface area contributed by atoms with Crippen molar-refractivity contribution in [2.24, 2.45) is 4.40 Å². The fraction of sp³-hybridized carbons (Fsp3) is 0.333. The summed E-state index contributed by atoms with van der Waals surface area (Å²) < 4.78 is 34.5. The molecule has 1 aromatic carbocycles. The number of allylic oxidation sites excluding steroid dienone is 1. The molecule has 1 fully saturated rings. The molecule has 1 aromatic rings. The van der Waals surface area contributed by atoms with E-state index in [2.05, 4.69) is 4.40 Å². The molecule has 2 heterocycles. The van der Waals surface area contributed by atoms with Gasteiger partial charge in [-0.15, -0.1) is 4.40 Å². The standard InChI is InChI=1S/C15H17N3O4S/c1-17-14(15(19)18-7-9-22-10-8-18)11-13(16-23(17,20)21)12-5-3-2-4-6-12/h2-6,11H,7-10H2,1H3. The zero-order chi connectivity index (χ0) is 16.4. The van der Waals surface area contributed by atoms with Crippen LogP contribution in [0, 0.1) is 0 Å². The number of carbonyl (C=O) groups is 1. The molecule has 2 aliphatic heterocycles. The summed E-state index contributed by atoms with van der Waals surface area (Å²) in [5, 5.41) is 0. The van der Waals surface area contributed by atoms with E-state index >= 15 is 0 Å². The van der Waals surface area contributed by atoms with Gasteiger partial charge in [0, 0.05) is 25.7 Å². The van der Waals surface area contributed by atoms with Gasteiger partial charge < -0.3 is 9.64 Å². The monoisotopic (exact) mass is 335 g/mol. The number of hydrogen-bond acceptors (Lipinski definition) is 4. The minimum absolute atomic E-state index is 0.0979. The Balaban J connectivity index is 1.99. The van der Waals surface area contributed by atoms with E-state index in [4.69, 9.17) is 4.74 Å². The molecule has 2 aliphatic rings. The Morgan fingerprint density at radius 3 is 2.48 bits per heavy atom. The summed E-state index contributed by atoms with van der Waals surface area (Å²) in [4.78, 5) is 14.3. The van der Waals surface area contributed by atoms with Crippen LogP contribution in [0.15, 0.2) is 46.5 Å². The summed E-state index contributed by atoms with van der Waals surface area (Å²) in [6, 6.07) is 8.93. The number of hydrogen-bond donors (Lipinski definition) is 0. The predicted molar refractivity (Wildman–Crippen MR) is 85.1 cm³/mol. The van der Waals surface area contributed by atoms with Gasteiger partial charge in [0.05, 0.1) is 18.9 Å². The third-order valence-corrected chi connectivity index (χ3v) is 5.08. The first-order valence-corrected chi connectivity index (χ1v) is 8.62. The molecule has 0 radical (unpaired) electrons. The summed E-state index contributed by atoms with van der Waals surface area (Å²) in [5.74, 6) is -0.331. The zero-order valence-electron chi connectivity index (χ0n) is 12.7. The molecule has 0 atom stereocenters. The van der Waals surface area contributed by atoms with Gasteiger partial charge in [-0.2, -0.15) is 8.42 Å². The molecule has 0 aromatic heterocycles. The molecule has 0 spiro atoms. The average Bonchev–Trinajstić information content (AvgIpc) is 2.58. The summed E-state index contributed by atoms with van der Waals surface area (Å²) in [7, 11) is -2.58. The van der Waals surface area contributed by atoms with Crippen LogP contribution in [0.3, 0.4) is 0 Å². The zero-order valence-corrected chi connectivity index (χ0v) is 13.5. The van der Waals surface area contributed by atoms with E-state index in [1.54, 1.807) is 29.2 Å². The van der Waals surface area contributed by atoms with Gasteiger partial charge in [-0.1, -0.05) is 30.3 Å². The van der Waals surface area contributed by atoms with Gasteiger partial charge in [0.25, 0.3) is 5.91 Å². The maximum Gasteiger partial charge on any atom is 0.345 e. The summed E-state index contributed by atoms with van der Waals surface area (Å²) >= 11 is 0. The first-order valence-electron chi connectivity index (χ1n) is 7.22. The van der Waals surface area contributed by atoms with E-state index in [0.29, 0.717) is 31.9 Å². The Labute approximate surface area is 135 Å². The lowest BCUT2D eigenvalue weighted by Gasteiger charge is -2.31. The fourth-order valence-corrected chi connectivity index (χ4v) is 3.33. The molecular weight excluding hydrogens is 318 g/mol. The van der Waals surface area contributed by atoms with Crippen LogP contribution < -0.4 is 0 Å². The van der Waals surface area contributed by atoms with Gasteiger partial charge in [-0.25, -0.2) is 4.31 Å². The molecule has 1 amide bonds. The Bertz CT molecular complexity index is 765. The second-order valence-electron chi connectivity index (χ2n) is 5.22. The van der Waals surface area contributed by atoms with Gasteiger partial charge in [0.15, 0.2) is 0 Å². The SMILES string of the molecule is CN1C(C(=O)N2CCOCC2)=CC(c2ccccc2)=NS1(=O)=O. The lowest BCUT2D eigenvalue weighted by Crippen LogP contribution is -2.45. The van der Waals surface area contributed by atoms with Crippen molar-refractivity contribution >= 4 is 21.8 Å². The topological polar surface area (TPSA) is 79.3 Å². The number of rotatable bonds is 2. The van der Waals surface area contributed by atoms with Gasteiger partial charge in [0.1, 0.15) is 5.70 Å². The van der Waals surface area contributed by atoms with Crippen LogP contribution in [-0.2, 0) is 19.7 Å². The predicted octanol–water partition coefficient (Wildman–Crippen LogP) is 0.409. The van der Waals surface area contributed by atoms with Gasteiger partial charge in [0.2, 0.25) is 0 Å². The number of likely N-dealkylation sites (N-methyl/N-ethyl adjacent to an activating group) is 1. The van der Waals surface area contributed by atoms with Crippen molar-refractivity contribution in [3.8, 4) is 0 Å². The Kier molecular flexibility index (Phi) is 4.18. The largest absolute Gasteiger partial charge is 0.378 e. The van der Waals surface area contributed by atoms with Crippen molar-refractivity contribution in [1.29, 1.82) is 0 Å². The van der Waals surface area contributed by atoms with Crippen LogP contribution in [0.1, 0.15) is 5.56 Å². The van der Waals surface area contributed by atoms with Crippen LogP contribution in [0.5, 0.6) is 0 Å². The normalized spacial score (nSPS) is 20.7. The molecule has 0 N–H and O–H groups in total. The minimum Gasteiger partial charge on any atom is -0.378 e. The van der Waals surface area contributed by atoms with Crippen LogP contribution in [0.2, 0.25) is 0 Å². The molecule has 23 heavy (non-hydrogen) atoms. The number of carbonyl (C=O) groups excluding carboxylic acids is 1. The maximum atomic E-state index is 12.7. The summed E-state index contributed by atoms with van der Waals surface area (Å²) in [6.07, 6.45) is 1.52. The van der Waals surface area contributed by atoms with Crippen molar-refractivity contribution in [3.05, 3.63) is 47.7 Å². The smallest absolute Gasteiger partial charge is 0.345 e. The highest BCUT2D eigenvalue weighted by molar-refractivity contribution is 7.88. The quantitative estimate of drug-likeness (QED) is 0.784. The van der Waals surface area contributed by atoms with E-state index in [0.717, 1.165) is 4.31 Å². The molecule has 0 aliphatic carbocycles. The van der Waals surface area contributed by atoms with Crippen LogP contribution in [-0.4, -0.2) is 62.6 Å². The minimum atomic E-state index is -3.92. The van der Waals surface area contributed by atoms with Crippen LogP contribution in [0.4, 0.5) is 0 Å². The molecule has 8 heteroatoms. The second kappa shape index (κ2) is 6.13. The van der Waals surface area contributed by atoms with E-state index in [1.165, 1.54) is 13.1 Å². The molecule has 1 saturated heterocycles. The number of amides is 1. The van der Waals surface area contributed by atoms with Crippen molar-refractivity contribution in [1.82, 2.24) is 9.21 Å². The van der Waals surface area contributed by atoms with E-state index in [9.17, 15) is 13.2 Å². The summed E-state index contributed by atoms with van der Waals surface area (Å²) in [5.41, 5.74) is 1.01. The first kappa shape index (κ1) is 15.7. The Hall–Kier alpha value is -2.19. The lowest BCUT2D eigenvalue weighted by molar-refractivity contribution is -0.132. The second-order valence-corrected chi connectivity index (χ2v) is 6.85. The third kappa shape index (κ3) is 3.13. The van der Waals surface area contributed by atoms with Crippen molar-refractivity contribution in [2.75, 3.05) is 33.4 Å². The van der Waals surface area contributed by atoms with E-state index in [1.807, 2.05) is 6.07 Å². The average molecular weight is 335 g/mol. The Morgan fingerprint density at radius 1 is 1.17 bits per heavy atom. The molecule has 122 valence electrons. The molecule has 0 bridgehead atoms. The molecule has 0 saturated carbocycles. The Morgan fingerprint density at radius 2 is 1.83 bits per heavy atom. The van der Waals surface area contributed by atoms with Gasteiger partial charge >= 0.3 is 10.2 Å². The third-order valence-electron chi connectivity index (χ3n) is 3.76. The molecule has 3 rings (SSSR count). The number of morpholine rings is 1. The lowest BCUT2D eigenvalue weighted by atomic mass is 10.1. The fourth-order valence-electron chi connectivity index (χ4n) is 2.43. The number of ether oxygens (including phenoxy) is 1. The van der Waals surface area contributed by atoms with E-state index in [-0.39, 0.29) is 17.3 Å². The van der Waals surface area contributed by atoms with Crippen LogP contribution in [0.25, 0.3) is 0 Å². The highest BCUT2D eigenvalue weighted by Gasteiger charge is 2.32. The molecule has 0 unspecified atom stereocenters. The van der Waals surface area contributed by atoms with E-state index < -0.39 is 10.2 Å².